The van der Waals surface area contributed by atoms with Crippen LogP contribution in [0.5, 0.6) is 5.75 Å². The molecule has 0 unspecified atom stereocenters. The van der Waals surface area contributed by atoms with Gasteiger partial charge in [0.2, 0.25) is 0 Å². The summed E-state index contributed by atoms with van der Waals surface area (Å²) in [5.74, 6) is 0.628. The van der Waals surface area contributed by atoms with Gasteiger partial charge in [-0.25, -0.2) is 4.79 Å². The number of carbonyl (C=O) groups is 1. The first kappa shape index (κ1) is 17.8. The number of amides is 2. The van der Waals surface area contributed by atoms with Crippen LogP contribution < -0.4 is 15.4 Å². The number of carbonyl (C=O) groups excluding carboxylic acids is 1. The van der Waals surface area contributed by atoms with E-state index in [1.54, 1.807) is 24.3 Å². The summed E-state index contributed by atoms with van der Waals surface area (Å²) in [5.41, 5.74) is -0.123. The number of hydrogen-bond donors (Lipinski definition) is 2. The second kappa shape index (κ2) is 8.37. The summed E-state index contributed by atoms with van der Waals surface area (Å²) >= 11 is 11.6. The van der Waals surface area contributed by atoms with Gasteiger partial charge in [0.25, 0.3) is 5.69 Å². The van der Waals surface area contributed by atoms with Crippen LogP contribution in [0.2, 0.25) is 10.0 Å². The predicted molar refractivity (Wildman–Crippen MR) is 92.1 cm³/mol. The molecule has 2 rings (SSSR count). The third-order valence-electron chi connectivity index (χ3n) is 2.89. The van der Waals surface area contributed by atoms with Gasteiger partial charge in [0.05, 0.1) is 17.2 Å². The molecule has 0 fully saturated rings. The molecule has 0 radical (unpaired) electrons. The van der Waals surface area contributed by atoms with E-state index in [2.05, 4.69) is 10.6 Å². The Morgan fingerprint density at radius 3 is 2.54 bits per heavy atom. The molecule has 9 heteroatoms. The molecule has 0 saturated heterocycles. The van der Waals surface area contributed by atoms with Gasteiger partial charge in [-0.2, -0.15) is 0 Å². The number of nitrogens with zero attached hydrogens (tertiary/aromatic N) is 1. The average molecular weight is 370 g/mol. The number of rotatable bonds is 6. The summed E-state index contributed by atoms with van der Waals surface area (Å²) < 4.78 is 5.42. The van der Waals surface area contributed by atoms with E-state index < -0.39 is 11.0 Å². The monoisotopic (exact) mass is 369 g/mol. The van der Waals surface area contributed by atoms with E-state index >= 15 is 0 Å². The first-order chi connectivity index (χ1) is 11.5. The van der Waals surface area contributed by atoms with Crippen molar-refractivity contribution in [3.05, 3.63) is 62.6 Å². The predicted octanol–water partition coefficient (Wildman–Crippen LogP) is 4.10. The molecule has 126 valence electrons. The number of benzene rings is 2. The Bertz CT molecular complexity index is 738. The molecule has 2 N–H and O–H groups in total. The Morgan fingerprint density at radius 1 is 1.17 bits per heavy atom. The lowest BCUT2D eigenvalue weighted by Gasteiger charge is -2.10. The quantitative estimate of drug-likeness (QED) is 0.455. The molecule has 7 nitrogen and oxygen atoms in total. The van der Waals surface area contributed by atoms with Gasteiger partial charge in [-0.3, -0.25) is 10.1 Å². The molecule has 0 aliphatic carbocycles. The molecule has 2 amide bonds. The zero-order valence-electron chi connectivity index (χ0n) is 12.3. The van der Waals surface area contributed by atoms with Crippen molar-refractivity contribution >= 4 is 40.6 Å². The number of nitro benzene ring substituents is 1. The van der Waals surface area contributed by atoms with Crippen molar-refractivity contribution in [2.24, 2.45) is 0 Å². The summed E-state index contributed by atoms with van der Waals surface area (Å²) in [7, 11) is 0. The maximum atomic E-state index is 11.8. The van der Waals surface area contributed by atoms with Crippen molar-refractivity contribution in [3.63, 3.8) is 0 Å². The molecule has 0 spiro atoms. The SMILES string of the molecule is O=C(NCCOc1ccc(Cl)cc1)Nc1cccc([N+](=O)[O-])c1Cl. The maximum absolute atomic E-state index is 11.8. The lowest BCUT2D eigenvalue weighted by molar-refractivity contribution is -0.384. The van der Waals surface area contributed by atoms with Crippen LogP contribution in [0.25, 0.3) is 0 Å². The highest BCUT2D eigenvalue weighted by Crippen LogP contribution is 2.31. The number of anilines is 1. The van der Waals surface area contributed by atoms with Crippen molar-refractivity contribution in [2.45, 2.75) is 0 Å². The molecule has 0 saturated carbocycles. The zero-order valence-corrected chi connectivity index (χ0v) is 13.8. The van der Waals surface area contributed by atoms with E-state index in [1.165, 1.54) is 18.2 Å². The van der Waals surface area contributed by atoms with E-state index in [0.29, 0.717) is 10.8 Å². The number of nitro groups is 1. The summed E-state index contributed by atoms with van der Waals surface area (Å²) in [6.45, 7) is 0.485. The fourth-order valence-electron chi connectivity index (χ4n) is 1.79. The second-order valence-corrected chi connectivity index (χ2v) is 5.39. The van der Waals surface area contributed by atoms with E-state index in [4.69, 9.17) is 27.9 Å². The molecule has 2 aromatic rings. The number of halogens is 2. The zero-order chi connectivity index (χ0) is 17.5. The van der Waals surface area contributed by atoms with Crippen LogP contribution in [-0.4, -0.2) is 24.1 Å². The van der Waals surface area contributed by atoms with Crippen molar-refractivity contribution in [1.29, 1.82) is 0 Å². The first-order valence-corrected chi connectivity index (χ1v) is 7.59. The highest BCUT2D eigenvalue weighted by molar-refractivity contribution is 6.35. The Balaban J connectivity index is 1.80. The van der Waals surface area contributed by atoms with Gasteiger partial charge in [0.1, 0.15) is 17.4 Å². The van der Waals surface area contributed by atoms with Crippen LogP contribution in [0.1, 0.15) is 0 Å². The maximum Gasteiger partial charge on any atom is 0.319 e. The van der Waals surface area contributed by atoms with Crippen LogP contribution in [0.15, 0.2) is 42.5 Å². The van der Waals surface area contributed by atoms with Gasteiger partial charge in [-0.1, -0.05) is 29.3 Å². The molecule has 24 heavy (non-hydrogen) atoms. The standard InChI is InChI=1S/C15H13Cl2N3O4/c16-10-4-6-11(7-5-10)24-9-8-18-15(21)19-12-2-1-3-13(14(12)17)20(22)23/h1-7H,8-9H2,(H2,18,19,21). The van der Waals surface area contributed by atoms with Crippen LogP contribution in [0.4, 0.5) is 16.2 Å². The van der Waals surface area contributed by atoms with Gasteiger partial charge in [-0.15, -0.1) is 0 Å². The topological polar surface area (TPSA) is 93.5 Å². The molecule has 0 heterocycles. The van der Waals surface area contributed by atoms with E-state index in [9.17, 15) is 14.9 Å². The summed E-state index contributed by atoms with van der Waals surface area (Å²) in [4.78, 5) is 22.0. The number of urea groups is 1. The van der Waals surface area contributed by atoms with Crippen LogP contribution in [-0.2, 0) is 0 Å². The Labute approximate surface area is 147 Å². The molecule has 0 aromatic heterocycles. The molecule has 2 aromatic carbocycles. The fourth-order valence-corrected chi connectivity index (χ4v) is 2.16. The smallest absolute Gasteiger partial charge is 0.319 e. The summed E-state index contributed by atoms with van der Waals surface area (Å²) in [5, 5.41) is 16.3. The molecular weight excluding hydrogens is 357 g/mol. The van der Waals surface area contributed by atoms with Crippen LogP contribution >= 0.6 is 23.2 Å². The highest BCUT2D eigenvalue weighted by Gasteiger charge is 2.16. The molecule has 0 atom stereocenters. The number of nitrogens with one attached hydrogen (secondary N) is 2. The van der Waals surface area contributed by atoms with Gasteiger partial charge >= 0.3 is 6.03 Å². The van der Waals surface area contributed by atoms with Gasteiger partial charge in [0, 0.05) is 11.1 Å². The van der Waals surface area contributed by atoms with Gasteiger partial charge < -0.3 is 15.4 Å². The minimum atomic E-state index is -0.620. The van der Waals surface area contributed by atoms with Crippen LogP contribution in [0.3, 0.4) is 0 Å². The van der Waals surface area contributed by atoms with Crippen molar-refractivity contribution in [2.75, 3.05) is 18.5 Å². The Morgan fingerprint density at radius 2 is 1.88 bits per heavy atom. The summed E-state index contributed by atoms with van der Waals surface area (Å²) in [6.07, 6.45) is 0. The van der Waals surface area contributed by atoms with E-state index in [0.717, 1.165) is 0 Å². The molecule has 0 aliphatic rings. The Hall–Kier alpha value is -2.51. The lowest BCUT2D eigenvalue weighted by atomic mass is 10.3. The average Bonchev–Trinajstić information content (AvgIpc) is 2.55. The second-order valence-electron chi connectivity index (χ2n) is 4.58. The van der Waals surface area contributed by atoms with Crippen molar-refractivity contribution in [1.82, 2.24) is 5.32 Å². The molecular formula is C15H13Cl2N3O4. The largest absolute Gasteiger partial charge is 0.492 e. The van der Waals surface area contributed by atoms with E-state index in [1.807, 2.05) is 0 Å². The molecule has 0 bridgehead atoms. The summed E-state index contributed by atoms with van der Waals surface area (Å²) in [6, 6.07) is 10.4. The number of hydrogen-bond acceptors (Lipinski definition) is 4. The van der Waals surface area contributed by atoms with Gasteiger partial charge in [0.15, 0.2) is 0 Å². The third-order valence-corrected chi connectivity index (χ3v) is 3.54. The van der Waals surface area contributed by atoms with Crippen LogP contribution in [0, 0.1) is 10.1 Å². The fraction of sp³-hybridized carbons (Fsp3) is 0.133. The minimum Gasteiger partial charge on any atom is -0.492 e. The minimum absolute atomic E-state index is 0.130. The normalized spacial score (nSPS) is 10.1. The molecule has 0 aliphatic heterocycles. The van der Waals surface area contributed by atoms with Gasteiger partial charge in [-0.05, 0) is 30.3 Å². The van der Waals surface area contributed by atoms with Crippen molar-refractivity contribution in [3.8, 4) is 5.75 Å². The Kier molecular flexibility index (Phi) is 6.22. The van der Waals surface area contributed by atoms with E-state index in [-0.39, 0.29) is 29.5 Å². The highest BCUT2D eigenvalue weighted by atomic mass is 35.5. The third kappa shape index (κ3) is 5.00. The number of ether oxygens (including phenoxy) is 1. The first-order valence-electron chi connectivity index (χ1n) is 6.83. The van der Waals surface area contributed by atoms with Crippen molar-refractivity contribution < 1.29 is 14.5 Å². The lowest BCUT2D eigenvalue weighted by Crippen LogP contribution is -2.32.